The van der Waals surface area contributed by atoms with Gasteiger partial charge in [0, 0.05) is 16.3 Å². The lowest BCUT2D eigenvalue weighted by Crippen LogP contribution is -2.04. The van der Waals surface area contributed by atoms with Crippen molar-refractivity contribution in [1.29, 1.82) is 0 Å². The SMILES string of the molecule is CCC1CC=C(c2ccc3c(oc4c(F)c(F)ccc43)c2F)CC1. The summed E-state index contributed by atoms with van der Waals surface area (Å²) in [6.07, 6.45) is 6.03. The van der Waals surface area contributed by atoms with E-state index in [1.165, 1.54) is 6.07 Å². The average molecular weight is 330 g/mol. The van der Waals surface area contributed by atoms with E-state index in [2.05, 4.69) is 13.0 Å². The van der Waals surface area contributed by atoms with Crippen molar-refractivity contribution in [2.24, 2.45) is 5.92 Å². The molecular weight excluding hydrogens is 313 g/mol. The zero-order valence-electron chi connectivity index (χ0n) is 13.3. The summed E-state index contributed by atoms with van der Waals surface area (Å²) < 4.78 is 47.6. The molecule has 1 heterocycles. The van der Waals surface area contributed by atoms with Crippen LogP contribution in [0.1, 0.15) is 38.2 Å². The average Bonchev–Trinajstić information content (AvgIpc) is 2.99. The molecule has 3 aromatic rings. The number of allylic oxidation sites excluding steroid dienone is 2. The molecule has 2 aromatic carbocycles. The summed E-state index contributed by atoms with van der Waals surface area (Å²) in [6, 6.07) is 5.90. The maximum atomic E-state index is 15.0. The fourth-order valence-electron chi connectivity index (χ4n) is 3.57. The smallest absolute Gasteiger partial charge is 0.201 e. The molecule has 124 valence electrons. The van der Waals surface area contributed by atoms with Crippen LogP contribution in [0.5, 0.6) is 0 Å². The number of benzene rings is 2. The normalized spacial score (nSPS) is 18.3. The molecule has 1 atom stereocenters. The molecule has 0 amide bonds. The molecule has 24 heavy (non-hydrogen) atoms. The van der Waals surface area contributed by atoms with Crippen molar-refractivity contribution in [3.05, 3.63) is 53.4 Å². The van der Waals surface area contributed by atoms with Crippen LogP contribution >= 0.6 is 0 Å². The molecule has 1 nitrogen and oxygen atoms in total. The van der Waals surface area contributed by atoms with Gasteiger partial charge in [0.05, 0.1) is 0 Å². The molecule has 4 rings (SSSR count). The van der Waals surface area contributed by atoms with Gasteiger partial charge in [-0.15, -0.1) is 0 Å². The predicted molar refractivity (Wildman–Crippen MR) is 89.2 cm³/mol. The van der Waals surface area contributed by atoms with E-state index in [-0.39, 0.29) is 11.2 Å². The number of rotatable bonds is 2. The zero-order valence-corrected chi connectivity index (χ0v) is 13.3. The Kier molecular flexibility index (Phi) is 3.63. The summed E-state index contributed by atoms with van der Waals surface area (Å²) in [4.78, 5) is 0. The van der Waals surface area contributed by atoms with Crippen LogP contribution in [0.4, 0.5) is 13.2 Å². The van der Waals surface area contributed by atoms with E-state index in [1.807, 2.05) is 0 Å². The number of furan rings is 1. The third-order valence-corrected chi connectivity index (χ3v) is 5.08. The van der Waals surface area contributed by atoms with Gasteiger partial charge in [-0.2, -0.15) is 4.39 Å². The largest absolute Gasteiger partial charge is 0.450 e. The van der Waals surface area contributed by atoms with Gasteiger partial charge < -0.3 is 4.42 Å². The van der Waals surface area contributed by atoms with Crippen LogP contribution in [0.3, 0.4) is 0 Å². The monoisotopic (exact) mass is 330 g/mol. The van der Waals surface area contributed by atoms with Crippen molar-refractivity contribution < 1.29 is 17.6 Å². The second-order valence-corrected chi connectivity index (χ2v) is 6.42. The first-order valence-corrected chi connectivity index (χ1v) is 8.28. The maximum absolute atomic E-state index is 15.0. The van der Waals surface area contributed by atoms with Gasteiger partial charge in [0.15, 0.2) is 22.8 Å². The van der Waals surface area contributed by atoms with Gasteiger partial charge in [-0.1, -0.05) is 25.5 Å². The summed E-state index contributed by atoms with van der Waals surface area (Å²) in [5.41, 5.74) is 1.22. The van der Waals surface area contributed by atoms with Crippen molar-refractivity contribution in [3.8, 4) is 0 Å². The molecule has 1 aromatic heterocycles. The Balaban J connectivity index is 1.88. The second kappa shape index (κ2) is 5.69. The van der Waals surface area contributed by atoms with E-state index in [1.54, 1.807) is 12.1 Å². The van der Waals surface area contributed by atoms with E-state index in [0.717, 1.165) is 37.3 Å². The first kappa shape index (κ1) is 15.3. The van der Waals surface area contributed by atoms with Gasteiger partial charge in [0.2, 0.25) is 5.82 Å². The van der Waals surface area contributed by atoms with Crippen LogP contribution < -0.4 is 0 Å². The Morgan fingerprint density at radius 2 is 1.71 bits per heavy atom. The van der Waals surface area contributed by atoms with Gasteiger partial charge in [0.25, 0.3) is 0 Å². The number of hydrogen-bond acceptors (Lipinski definition) is 1. The van der Waals surface area contributed by atoms with Gasteiger partial charge in [0.1, 0.15) is 0 Å². The molecule has 0 aliphatic heterocycles. The van der Waals surface area contributed by atoms with E-state index in [4.69, 9.17) is 4.42 Å². The van der Waals surface area contributed by atoms with Gasteiger partial charge in [-0.25, -0.2) is 8.78 Å². The molecule has 0 N–H and O–H groups in total. The number of halogens is 3. The highest BCUT2D eigenvalue weighted by molar-refractivity contribution is 6.06. The summed E-state index contributed by atoms with van der Waals surface area (Å²) >= 11 is 0. The van der Waals surface area contributed by atoms with Crippen LogP contribution in [0, 0.1) is 23.4 Å². The Labute approximate surface area is 137 Å². The summed E-state index contributed by atoms with van der Waals surface area (Å²) in [7, 11) is 0. The molecule has 0 saturated heterocycles. The van der Waals surface area contributed by atoms with Crippen molar-refractivity contribution in [2.75, 3.05) is 0 Å². The lowest BCUT2D eigenvalue weighted by atomic mass is 9.85. The maximum Gasteiger partial charge on any atom is 0.201 e. The molecule has 1 unspecified atom stereocenters. The standard InChI is InChI=1S/C20H17F3O/c1-2-11-3-5-12(6-4-11)13-7-8-14-15-9-10-16(21)18(23)20(15)24-19(14)17(13)22/h5,7-11H,2-4,6H2,1H3. The lowest BCUT2D eigenvalue weighted by molar-refractivity contribution is 0.469. The van der Waals surface area contributed by atoms with E-state index in [0.29, 0.717) is 22.3 Å². The van der Waals surface area contributed by atoms with Gasteiger partial charge in [-0.3, -0.25) is 0 Å². The third-order valence-electron chi connectivity index (χ3n) is 5.08. The van der Waals surface area contributed by atoms with Crippen molar-refractivity contribution in [3.63, 3.8) is 0 Å². The van der Waals surface area contributed by atoms with E-state index >= 15 is 0 Å². The Morgan fingerprint density at radius 3 is 2.38 bits per heavy atom. The molecule has 1 aliphatic carbocycles. The molecule has 0 bridgehead atoms. The minimum atomic E-state index is -1.08. The molecule has 0 saturated carbocycles. The van der Waals surface area contributed by atoms with Crippen molar-refractivity contribution >= 4 is 27.5 Å². The lowest BCUT2D eigenvalue weighted by Gasteiger charge is -2.21. The highest BCUT2D eigenvalue weighted by atomic mass is 19.2. The quantitative estimate of drug-likeness (QED) is 0.516. The first-order valence-electron chi connectivity index (χ1n) is 8.28. The van der Waals surface area contributed by atoms with Crippen LogP contribution in [0.15, 0.2) is 34.8 Å². The number of hydrogen-bond donors (Lipinski definition) is 0. The highest BCUT2D eigenvalue weighted by Crippen LogP contribution is 2.38. The van der Waals surface area contributed by atoms with Crippen molar-refractivity contribution in [2.45, 2.75) is 32.6 Å². The van der Waals surface area contributed by atoms with E-state index in [9.17, 15) is 13.2 Å². The Bertz CT molecular complexity index is 968. The molecular formula is C20H17F3O. The topological polar surface area (TPSA) is 13.1 Å². The Morgan fingerprint density at radius 1 is 1.00 bits per heavy atom. The number of fused-ring (bicyclic) bond motifs is 3. The second-order valence-electron chi connectivity index (χ2n) is 6.42. The predicted octanol–water partition coefficient (Wildman–Crippen LogP) is 6.60. The summed E-state index contributed by atoms with van der Waals surface area (Å²) in [5.74, 6) is -1.91. The fourth-order valence-corrected chi connectivity index (χ4v) is 3.57. The molecule has 0 spiro atoms. The Hall–Kier alpha value is -2.23. The minimum Gasteiger partial charge on any atom is -0.450 e. The highest BCUT2D eigenvalue weighted by Gasteiger charge is 2.22. The van der Waals surface area contributed by atoms with Gasteiger partial charge in [-0.05, 0) is 49.0 Å². The van der Waals surface area contributed by atoms with Crippen LogP contribution in [-0.4, -0.2) is 0 Å². The minimum absolute atomic E-state index is 0.00878. The van der Waals surface area contributed by atoms with Crippen molar-refractivity contribution in [1.82, 2.24) is 0 Å². The fraction of sp³-hybridized carbons (Fsp3) is 0.300. The zero-order chi connectivity index (χ0) is 16.8. The van der Waals surface area contributed by atoms with Crippen LogP contribution in [-0.2, 0) is 0 Å². The molecule has 4 heteroatoms. The third kappa shape index (κ3) is 2.24. The first-order chi connectivity index (χ1) is 11.6. The molecule has 0 radical (unpaired) electrons. The summed E-state index contributed by atoms with van der Waals surface area (Å²) in [6.45, 7) is 2.16. The van der Waals surface area contributed by atoms with Crippen LogP contribution in [0.25, 0.3) is 27.5 Å². The van der Waals surface area contributed by atoms with Crippen LogP contribution in [0.2, 0.25) is 0 Å². The summed E-state index contributed by atoms with van der Waals surface area (Å²) in [5, 5.41) is 0.853. The van der Waals surface area contributed by atoms with E-state index < -0.39 is 17.5 Å². The van der Waals surface area contributed by atoms with Gasteiger partial charge >= 0.3 is 0 Å². The molecule has 0 fully saturated rings. The molecule has 1 aliphatic rings.